The molecule has 0 spiro atoms. The average molecular weight is 354 g/mol. The van der Waals surface area contributed by atoms with E-state index in [9.17, 15) is 4.79 Å². The SMILES string of the molecule is COc1nc2c(cc1C(=O)N(C)Cc1ccc3nsnc3c1)CCC2. The molecule has 0 fully saturated rings. The van der Waals surface area contributed by atoms with Crippen LogP contribution in [-0.4, -0.2) is 38.7 Å². The number of rotatable bonds is 4. The highest BCUT2D eigenvalue weighted by atomic mass is 32.1. The second-order valence-electron chi connectivity index (χ2n) is 6.25. The molecule has 6 nitrogen and oxygen atoms in total. The molecular formula is C18H18N4O2S. The number of hydrogen-bond acceptors (Lipinski definition) is 6. The number of methoxy groups -OCH3 is 1. The summed E-state index contributed by atoms with van der Waals surface area (Å²) in [7, 11) is 3.35. The zero-order valence-electron chi connectivity index (χ0n) is 14.2. The van der Waals surface area contributed by atoms with Crippen molar-refractivity contribution in [2.45, 2.75) is 25.8 Å². The van der Waals surface area contributed by atoms with Crippen molar-refractivity contribution in [3.05, 3.63) is 46.6 Å². The lowest BCUT2D eigenvalue weighted by atomic mass is 10.1. The molecule has 0 saturated heterocycles. The predicted octanol–water partition coefficient (Wildman–Crippen LogP) is 2.86. The van der Waals surface area contributed by atoms with Gasteiger partial charge >= 0.3 is 0 Å². The summed E-state index contributed by atoms with van der Waals surface area (Å²) in [6.45, 7) is 0.493. The predicted molar refractivity (Wildman–Crippen MR) is 96.0 cm³/mol. The fraction of sp³-hybridized carbons (Fsp3) is 0.333. The average Bonchev–Trinajstić information content (AvgIpc) is 3.27. The standard InChI is InChI=1S/C18H18N4O2S/c1-22(10-11-6-7-15-16(8-11)21-25-20-15)18(23)13-9-12-4-3-5-14(12)19-17(13)24-2/h6-9H,3-5,10H2,1-2H3. The van der Waals surface area contributed by atoms with Crippen LogP contribution in [0.1, 0.15) is 33.6 Å². The van der Waals surface area contributed by atoms with E-state index in [1.165, 1.54) is 11.7 Å². The molecule has 0 N–H and O–H groups in total. The third-order valence-corrected chi connectivity index (χ3v) is 5.08. The summed E-state index contributed by atoms with van der Waals surface area (Å²) in [6, 6.07) is 7.83. The van der Waals surface area contributed by atoms with Gasteiger partial charge in [-0.15, -0.1) is 0 Å². The first-order valence-corrected chi connectivity index (χ1v) is 8.92. The number of amides is 1. The highest BCUT2D eigenvalue weighted by Gasteiger charge is 2.23. The molecule has 2 heterocycles. The first kappa shape index (κ1) is 16.0. The Morgan fingerprint density at radius 3 is 2.92 bits per heavy atom. The first-order chi connectivity index (χ1) is 12.2. The van der Waals surface area contributed by atoms with Crippen LogP contribution in [0.3, 0.4) is 0 Å². The molecule has 1 aliphatic rings. The maximum absolute atomic E-state index is 12.9. The zero-order chi connectivity index (χ0) is 17.4. The van der Waals surface area contributed by atoms with Crippen molar-refractivity contribution in [3.63, 3.8) is 0 Å². The van der Waals surface area contributed by atoms with E-state index >= 15 is 0 Å². The molecule has 1 amide bonds. The van der Waals surface area contributed by atoms with Crippen molar-refractivity contribution in [1.82, 2.24) is 18.6 Å². The summed E-state index contributed by atoms with van der Waals surface area (Å²) in [5, 5.41) is 0. The highest BCUT2D eigenvalue weighted by Crippen LogP contribution is 2.27. The van der Waals surface area contributed by atoms with Gasteiger partial charge < -0.3 is 9.64 Å². The van der Waals surface area contributed by atoms with E-state index < -0.39 is 0 Å². The van der Waals surface area contributed by atoms with Crippen molar-refractivity contribution < 1.29 is 9.53 Å². The number of fused-ring (bicyclic) bond motifs is 2. The number of nitrogens with zero attached hydrogens (tertiary/aromatic N) is 4. The van der Waals surface area contributed by atoms with Crippen molar-refractivity contribution in [2.75, 3.05) is 14.2 Å². The topological polar surface area (TPSA) is 68.2 Å². The van der Waals surface area contributed by atoms with Crippen molar-refractivity contribution >= 4 is 28.7 Å². The number of carbonyl (C=O) groups is 1. The third kappa shape index (κ3) is 2.95. The van der Waals surface area contributed by atoms with Crippen LogP contribution in [0.5, 0.6) is 5.88 Å². The van der Waals surface area contributed by atoms with Gasteiger partial charge in [-0.05, 0) is 48.6 Å². The van der Waals surface area contributed by atoms with Crippen LogP contribution < -0.4 is 4.74 Å². The number of benzene rings is 1. The highest BCUT2D eigenvalue weighted by molar-refractivity contribution is 7.00. The molecule has 0 saturated carbocycles. The molecule has 7 heteroatoms. The maximum Gasteiger partial charge on any atom is 0.259 e. The lowest BCUT2D eigenvalue weighted by Gasteiger charge is -2.19. The minimum Gasteiger partial charge on any atom is -0.480 e. The van der Waals surface area contributed by atoms with E-state index in [0.29, 0.717) is 18.0 Å². The van der Waals surface area contributed by atoms with E-state index in [1.54, 1.807) is 19.1 Å². The van der Waals surface area contributed by atoms with Crippen LogP contribution in [0.25, 0.3) is 11.0 Å². The molecule has 0 aliphatic heterocycles. The fourth-order valence-electron chi connectivity index (χ4n) is 3.24. The van der Waals surface area contributed by atoms with Gasteiger partial charge in [0, 0.05) is 19.3 Å². The summed E-state index contributed by atoms with van der Waals surface area (Å²) in [6.07, 6.45) is 3.02. The van der Waals surface area contributed by atoms with E-state index in [4.69, 9.17) is 4.74 Å². The summed E-state index contributed by atoms with van der Waals surface area (Å²) >= 11 is 1.19. The van der Waals surface area contributed by atoms with E-state index in [1.807, 2.05) is 24.3 Å². The number of aromatic nitrogens is 3. The van der Waals surface area contributed by atoms with Gasteiger partial charge in [-0.25, -0.2) is 4.98 Å². The Morgan fingerprint density at radius 2 is 2.08 bits per heavy atom. The lowest BCUT2D eigenvalue weighted by molar-refractivity contribution is 0.0780. The molecule has 1 aliphatic carbocycles. The Morgan fingerprint density at radius 1 is 1.24 bits per heavy atom. The van der Waals surface area contributed by atoms with Crippen molar-refractivity contribution in [3.8, 4) is 5.88 Å². The molecule has 0 unspecified atom stereocenters. The largest absolute Gasteiger partial charge is 0.480 e. The Bertz CT molecular complexity index is 953. The molecule has 3 aromatic rings. The van der Waals surface area contributed by atoms with Gasteiger partial charge in [0.05, 0.1) is 18.8 Å². The Kier molecular flexibility index (Phi) is 4.09. The van der Waals surface area contributed by atoms with Crippen LogP contribution in [0.15, 0.2) is 24.3 Å². The molecule has 4 rings (SSSR count). The van der Waals surface area contributed by atoms with Gasteiger partial charge in [0.2, 0.25) is 5.88 Å². The van der Waals surface area contributed by atoms with Crippen LogP contribution in [0.2, 0.25) is 0 Å². The van der Waals surface area contributed by atoms with Gasteiger partial charge in [0.25, 0.3) is 5.91 Å². The van der Waals surface area contributed by atoms with Crippen LogP contribution in [-0.2, 0) is 19.4 Å². The van der Waals surface area contributed by atoms with Crippen LogP contribution >= 0.6 is 11.7 Å². The van der Waals surface area contributed by atoms with Gasteiger partial charge in [-0.1, -0.05) is 6.07 Å². The summed E-state index contributed by atoms with van der Waals surface area (Å²) < 4.78 is 13.8. The third-order valence-electron chi connectivity index (χ3n) is 4.52. The fourth-order valence-corrected chi connectivity index (χ4v) is 3.76. The molecular weight excluding hydrogens is 336 g/mol. The minimum absolute atomic E-state index is 0.0875. The molecule has 0 radical (unpaired) electrons. The molecule has 2 aromatic heterocycles. The molecule has 128 valence electrons. The van der Waals surface area contributed by atoms with E-state index in [0.717, 1.165) is 47.1 Å². The smallest absolute Gasteiger partial charge is 0.259 e. The van der Waals surface area contributed by atoms with Gasteiger partial charge in [-0.3, -0.25) is 4.79 Å². The first-order valence-electron chi connectivity index (χ1n) is 8.19. The van der Waals surface area contributed by atoms with Gasteiger partial charge in [0.15, 0.2) is 0 Å². The lowest BCUT2D eigenvalue weighted by Crippen LogP contribution is -2.27. The Hall–Kier alpha value is -2.54. The maximum atomic E-state index is 12.9. The summed E-state index contributed by atoms with van der Waals surface area (Å²) in [5.41, 5.74) is 5.50. The number of pyridine rings is 1. The van der Waals surface area contributed by atoms with E-state index in [2.05, 4.69) is 13.7 Å². The molecule has 25 heavy (non-hydrogen) atoms. The number of carbonyl (C=O) groups excluding carboxylic acids is 1. The van der Waals surface area contributed by atoms with Crippen LogP contribution in [0, 0.1) is 0 Å². The minimum atomic E-state index is -0.0875. The summed E-state index contributed by atoms with van der Waals surface area (Å²) in [4.78, 5) is 19.1. The number of aryl methyl sites for hydroxylation is 2. The Labute approximate surface area is 149 Å². The number of hydrogen-bond donors (Lipinski definition) is 0. The van der Waals surface area contributed by atoms with Gasteiger partial charge in [0.1, 0.15) is 16.6 Å². The van der Waals surface area contributed by atoms with E-state index in [-0.39, 0.29) is 5.91 Å². The normalized spacial score (nSPS) is 13.0. The second-order valence-corrected chi connectivity index (χ2v) is 6.78. The number of ether oxygens (including phenoxy) is 1. The summed E-state index contributed by atoms with van der Waals surface area (Å²) in [5.74, 6) is 0.326. The van der Waals surface area contributed by atoms with Crippen LogP contribution in [0.4, 0.5) is 0 Å². The second kappa shape index (κ2) is 6.40. The quantitative estimate of drug-likeness (QED) is 0.721. The van der Waals surface area contributed by atoms with Crippen molar-refractivity contribution in [2.24, 2.45) is 0 Å². The van der Waals surface area contributed by atoms with Gasteiger partial charge in [-0.2, -0.15) is 8.75 Å². The van der Waals surface area contributed by atoms with Crippen molar-refractivity contribution in [1.29, 1.82) is 0 Å². The monoisotopic (exact) mass is 354 g/mol. The molecule has 0 bridgehead atoms. The molecule has 1 aromatic carbocycles. The molecule has 0 atom stereocenters. The zero-order valence-corrected chi connectivity index (χ0v) is 15.0. The Balaban J connectivity index is 1.59.